The molecule has 0 atom stereocenters. The van der Waals surface area contributed by atoms with Crippen molar-refractivity contribution in [2.45, 2.75) is 13.3 Å². The van der Waals surface area contributed by atoms with Crippen molar-refractivity contribution in [2.24, 2.45) is 0 Å². The Hall–Kier alpha value is -3.32. The molecule has 0 unspecified atom stereocenters. The monoisotopic (exact) mass is 419 g/mol. The van der Waals surface area contributed by atoms with E-state index < -0.39 is 0 Å². The number of hydrogen-bond donors (Lipinski definition) is 2. The highest BCUT2D eigenvalue weighted by Crippen LogP contribution is 2.31. The predicted molar refractivity (Wildman–Crippen MR) is 119 cm³/mol. The maximum atomic E-state index is 12.5. The molecule has 30 heavy (non-hydrogen) atoms. The Morgan fingerprint density at radius 1 is 1.13 bits per heavy atom. The third kappa shape index (κ3) is 4.16. The zero-order chi connectivity index (χ0) is 21.1. The van der Waals surface area contributed by atoms with Gasteiger partial charge in [-0.25, -0.2) is 0 Å². The first kappa shape index (κ1) is 20.0. The van der Waals surface area contributed by atoms with Crippen molar-refractivity contribution in [1.29, 1.82) is 0 Å². The van der Waals surface area contributed by atoms with Gasteiger partial charge < -0.3 is 10.3 Å². The van der Waals surface area contributed by atoms with Crippen LogP contribution in [0.25, 0.3) is 17.0 Å². The number of aromatic amines is 1. The summed E-state index contributed by atoms with van der Waals surface area (Å²) in [5.41, 5.74) is 3.91. The molecule has 6 nitrogen and oxygen atoms in total. The summed E-state index contributed by atoms with van der Waals surface area (Å²) in [5.74, 6) is -0.471. The summed E-state index contributed by atoms with van der Waals surface area (Å²) in [6, 6.07) is 15.4. The van der Waals surface area contributed by atoms with Crippen LogP contribution in [0.15, 0.2) is 59.6 Å². The van der Waals surface area contributed by atoms with E-state index in [4.69, 9.17) is 0 Å². The van der Waals surface area contributed by atoms with E-state index in [-0.39, 0.29) is 36.6 Å². The molecule has 2 aromatic carbocycles. The van der Waals surface area contributed by atoms with E-state index in [2.05, 4.69) is 10.3 Å². The van der Waals surface area contributed by atoms with Gasteiger partial charge in [0.25, 0.3) is 11.1 Å². The minimum atomic E-state index is -0.324. The molecule has 1 saturated heterocycles. The largest absolute Gasteiger partial charge is 0.361 e. The van der Waals surface area contributed by atoms with Crippen LogP contribution in [0.3, 0.4) is 0 Å². The molecular weight excluding hydrogens is 398 g/mol. The average Bonchev–Trinajstić information content (AvgIpc) is 3.25. The fourth-order valence-electron chi connectivity index (χ4n) is 3.53. The van der Waals surface area contributed by atoms with Crippen LogP contribution >= 0.6 is 11.8 Å². The molecule has 0 spiro atoms. The summed E-state index contributed by atoms with van der Waals surface area (Å²) in [4.78, 5) is 41.9. The number of carbonyl (C=O) groups is 3. The zero-order valence-electron chi connectivity index (χ0n) is 16.5. The van der Waals surface area contributed by atoms with Gasteiger partial charge in [0.05, 0.1) is 11.3 Å². The summed E-state index contributed by atoms with van der Waals surface area (Å²) in [5, 5.41) is 3.55. The number of thioether (sulfide) groups is 1. The summed E-state index contributed by atoms with van der Waals surface area (Å²) in [6.07, 6.45) is 3.80. The summed E-state index contributed by atoms with van der Waals surface area (Å²) in [6.45, 7) is 2.38. The SMILES string of the molecule is Cc1cccc2[nH]cc(CC(=O)NCCN3C(=O)SC(=Cc4ccccc4)C3=O)c12. The lowest BCUT2D eigenvalue weighted by atomic mass is 10.1. The Morgan fingerprint density at radius 3 is 2.73 bits per heavy atom. The van der Waals surface area contributed by atoms with Crippen LogP contribution in [0, 0.1) is 6.92 Å². The number of nitrogens with one attached hydrogen (secondary N) is 2. The molecule has 2 heterocycles. The first-order valence-corrected chi connectivity index (χ1v) is 10.5. The second-order valence-corrected chi connectivity index (χ2v) is 8.08. The molecule has 3 aromatic rings. The number of aromatic nitrogens is 1. The Balaban J connectivity index is 1.33. The topological polar surface area (TPSA) is 82.3 Å². The molecule has 0 radical (unpaired) electrons. The van der Waals surface area contributed by atoms with E-state index in [0.29, 0.717) is 4.91 Å². The molecule has 1 fully saturated rings. The minimum Gasteiger partial charge on any atom is -0.361 e. The lowest BCUT2D eigenvalue weighted by molar-refractivity contribution is -0.124. The second kappa shape index (κ2) is 8.59. The van der Waals surface area contributed by atoms with Crippen LogP contribution in [0.1, 0.15) is 16.7 Å². The van der Waals surface area contributed by atoms with Crippen molar-refractivity contribution in [3.63, 3.8) is 0 Å². The number of H-pyrrole nitrogens is 1. The molecule has 2 N–H and O–H groups in total. The van der Waals surface area contributed by atoms with Crippen molar-refractivity contribution in [3.8, 4) is 0 Å². The van der Waals surface area contributed by atoms with Crippen LogP contribution in [0.5, 0.6) is 0 Å². The second-order valence-electron chi connectivity index (χ2n) is 7.08. The summed E-state index contributed by atoms with van der Waals surface area (Å²) >= 11 is 0.924. The van der Waals surface area contributed by atoms with Gasteiger partial charge in [0.1, 0.15) is 0 Å². The van der Waals surface area contributed by atoms with E-state index in [9.17, 15) is 14.4 Å². The van der Waals surface area contributed by atoms with Gasteiger partial charge in [0, 0.05) is 30.2 Å². The number of hydrogen-bond acceptors (Lipinski definition) is 4. The third-order valence-corrected chi connectivity index (χ3v) is 5.88. The van der Waals surface area contributed by atoms with Crippen molar-refractivity contribution in [3.05, 3.63) is 76.3 Å². The fraction of sp³-hybridized carbons (Fsp3) is 0.174. The summed E-state index contributed by atoms with van der Waals surface area (Å²) in [7, 11) is 0. The van der Waals surface area contributed by atoms with Gasteiger partial charge >= 0.3 is 0 Å². The van der Waals surface area contributed by atoms with E-state index in [0.717, 1.165) is 39.4 Å². The highest BCUT2D eigenvalue weighted by Gasteiger charge is 2.34. The molecule has 0 aliphatic carbocycles. The maximum absolute atomic E-state index is 12.5. The number of carbonyl (C=O) groups excluding carboxylic acids is 3. The normalized spacial score (nSPS) is 15.4. The van der Waals surface area contributed by atoms with Crippen LogP contribution in [-0.4, -0.2) is 40.0 Å². The van der Waals surface area contributed by atoms with Crippen molar-refractivity contribution in [1.82, 2.24) is 15.2 Å². The van der Waals surface area contributed by atoms with Gasteiger partial charge in [0.2, 0.25) is 5.91 Å². The van der Waals surface area contributed by atoms with E-state index in [1.165, 1.54) is 4.90 Å². The maximum Gasteiger partial charge on any atom is 0.293 e. The number of benzene rings is 2. The standard InChI is InChI=1S/C23H21N3O3S/c1-15-6-5-9-18-21(15)17(14-25-18)13-20(27)24-10-11-26-22(28)19(30-23(26)29)12-16-7-3-2-4-8-16/h2-9,12,14,25H,10-11,13H2,1H3,(H,24,27). The van der Waals surface area contributed by atoms with Crippen molar-refractivity contribution < 1.29 is 14.4 Å². The number of amides is 3. The molecule has 1 aliphatic rings. The number of rotatable bonds is 6. The first-order valence-electron chi connectivity index (χ1n) is 9.65. The van der Waals surface area contributed by atoms with Crippen LogP contribution in [0.2, 0.25) is 0 Å². The molecule has 7 heteroatoms. The first-order chi connectivity index (χ1) is 14.5. The van der Waals surface area contributed by atoms with Gasteiger partial charge in [-0.05, 0) is 47.5 Å². The molecule has 4 rings (SSSR count). The van der Waals surface area contributed by atoms with E-state index >= 15 is 0 Å². The average molecular weight is 420 g/mol. The highest BCUT2D eigenvalue weighted by atomic mass is 32.2. The van der Waals surface area contributed by atoms with Gasteiger partial charge in [-0.1, -0.05) is 42.5 Å². The van der Waals surface area contributed by atoms with Crippen molar-refractivity contribution in [2.75, 3.05) is 13.1 Å². The molecule has 0 bridgehead atoms. The molecular formula is C23H21N3O3S. The quantitative estimate of drug-likeness (QED) is 0.594. The van der Waals surface area contributed by atoms with Crippen molar-refractivity contribution >= 4 is 45.8 Å². The smallest absolute Gasteiger partial charge is 0.293 e. The number of nitrogens with zero attached hydrogens (tertiary/aromatic N) is 1. The molecule has 3 amide bonds. The van der Waals surface area contributed by atoms with E-state index in [1.54, 1.807) is 6.08 Å². The van der Waals surface area contributed by atoms with Gasteiger partial charge in [-0.2, -0.15) is 0 Å². The fourth-order valence-corrected chi connectivity index (χ4v) is 4.39. The Kier molecular flexibility index (Phi) is 5.72. The van der Waals surface area contributed by atoms with Crippen LogP contribution < -0.4 is 5.32 Å². The van der Waals surface area contributed by atoms with Gasteiger partial charge in [0.15, 0.2) is 0 Å². The number of imide groups is 1. The molecule has 1 aliphatic heterocycles. The van der Waals surface area contributed by atoms with Gasteiger partial charge in [-0.15, -0.1) is 0 Å². The highest BCUT2D eigenvalue weighted by molar-refractivity contribution is 8.18. The van der Waals surface area contributed by atoms with Crippen LogP contribution in [0.4, 0.5) is 4.79 Å². The van der Waals surface area contributed by atoms with E-state index in [1.807, 2.05) is 61.7 Å². The van der Waals surface area contributed by atoms with Crippen LogP contribution in [-0.2, 0) is 16.0 Å². The zero-order valence-corrected chi connectivity index (χ0v) is 17.3. The molecule has 0 saturated carbocycles. The third-order valence-electron chi connectivity index (χ3n) is 4.98. The Morgan fingerprint density at radius 2 is 1.93 bits per heavy atom. The number of aryl methyl sites for hydroxylation is 1. The molecule has 1 aromatic heterocycles. The summed E-state index contributed by atoms with van der Waals surface area (Å²) < 4.78 is 0. The lowest BCUT2D eigenvalue weighted by Crippen LogP contribution is -2.37. The predicted octanol–water partition coefficient (Wildman–Crippen LogP) is 3.87. The Bertz CT molecular complexity index is 1150. The number of fused-ring (bicyclic) bond motifs is 1. The van der Waals surface area contributed by atoms with Gasteiger partial charge in [-0.3, -0.25) is 19.3 Å². The Labute approximate surface area is 178 Å². The lowest BCUT2D eigenvalue weighted by Gasteiger charge is -2.13. The molecule has 152 valence electrons. The minimum absolute atomic E-state index is 0.147.